The lowest BCUT2D eigenvalue weighted by molar-refractivity contribution is -0.127. The average Bonchev–Trinajstić information content (AvgIpc) is 3.51. The molecule has 1 fully saturated rings. The SMILES string of the molecule is COc1cc(C(=O)C(=O)N2CCC[C@H]2CN(C)[C@@H](CCCc2ccccc2)CCCc2cccnc2)cc(OC)c1OC. The first-order valence-electron chi connectivity index (χ1n) is 15.2. The molecule has 0 saturated carbocycles. The summed E-state index contributed by atoms with van der Waals surface area (Å²) in [4.78, 5) is 35.4. The minimum Gasteiger partial charge on any atom is -0.493 e. The van der Waals surface area contributed by atoms with E-state index in [4.69, 9.17) is 14.2 Å². The van der Waals surface area contributed by atoms with Crippen molar-refractivity contribution in [2.45, 2.75) is 63.5 Å². The van der Waals surface area contributed by atoms with Crippen LogP contribution in [0.5, 0.6) is 17.2 Å². The fourth-order valence-corrected chi connectivity index (χ4v) is 6.10. The molecule has 2 atom stereocenters. The lowest BCUT2D eigenvalue weighted by Gasteiger charge is -2.33. The Morgan fingerprint density at radius 3 is 2.19 bits per heavy atom. The van der Waals surface area contributed by atoms with Crippen molar-refractivity contribution in [1.82, 2.24) is 14.8 Å². The minimum absolute atomic E-state index is 0.0153. The van der Waals surface area contributed by atoms with E-state index >= 15 is 0 Å². The number of aromatic nitrogens is 1. The summed E-state index contributed by atoms with van der Waals surface area (Å²) >= 11 is 0. The van der Waals surface area contributed by atoms with Gasteiger partial charge >= 0.3 is 0 Å². The first kappa shape index (κ1) is 32.0. The van der Waals surface area contributed by atoms with Gasteiger partial charge in [-0.1, -0.05) is 36.4 Å². The first-order chi connectivity index (χ1) is 20.9. The zero-order valence-corrected chi connectivity index (χ0v) is 26.0. The number of likely N-dealkylation sites (N-methyl/N-ethyl adjacent to an activating group) is 1. The number of carbonyl (C=O) groups is 2. The van der Waals surface area contributed by atoms with E-state index in [9.17, 15) is 9.59 Å². The summed E-state index contributed by atoms with van der Waals surface area (Å²) in [6, 6.07) is 18.2. The third kappa shape index (κ3) is 8.57. The number of ketones is 1. The number of Topliss-reactive ketones (excluding diaryl/α,β-unsaturated/α-hetero) is 1. The molecule has 1 saturated heterocycles. The van der Waals surface area contributed by atoms with Crippen molar-refractivity contribution in [1.29, 1.82) is 0 Å². The number of carbonyl (C=O) groups excluding carboxylic acids is 2. The van der Waals surface area contributed by atoms with E-state index in [1.807, 2.05) is 18.5 Å². The van der Waals surface area contributed by atoms with E-state index in [-0.39, 0.29) is 11.6 Å². The number of nitrogens with zero attached hydrogens (tertiary/aromatic N) is 3. The van der Waals surface area contributed by atoms with E-state index < -0.39 is 11.7 Å². The van der Waals surface area contributed by atoms with E-state index in [1.165, 1.54) is 32.5 Å². The quantitative estimate of drug-likeness (QED) is 0.159. The summed E-state index contributed by atoms with van der Waals surface area (Å²) in [5.74, 6) is 0.0317. The molecule has 0 N–H and O–H groups in total. The van der Waals surface area contributed by atoms with Gasteiger partial charge in [-0.3, -0.25) is 14.6 Å². The van der Waals surface area contributed by atoms with Gasteiger partial charge in [0.2, 0.25) is 5.75 Å². The molecule has 0 aliphatic carbocycles. The summed E-state index contributed by atoms with van der Waals surface area (Å²) in [6.07, 6.45) is 11.9. The molecule has 1 aliphatic heterocycles. The Kier molecular flexibility index (Phi) is 12.0. The fraction of sp³-hybridized carbons (Fsp3) is 0.457. The van der Waals surface area contributed by atoms with Crippen LogP contribution in [-0.2, 0) is 17.6 Å². The predicted molar refractivity (Wildman–Crippen MR) is 168 cm³/mol. The number of methoxy groups -OCH3 is 3. The zero-order chi connectivity index (χ0) is 30.6. The molecule has 0 unspecified atom stereocenters. The zero-order valence-electron chi connectivity index (χ0n) is 26.0. The molecule has 3 aromatic rings. The summed E-state index contributed by atoms with van der Waals surface area (Å²) in [5.41, 5.74) is 2.84. The molecule has 1 aromatic heterocycles. The molecule has 8 nitrogen and oxygen atoms in total. The van der Waals surface area contributed by atoms with Gasteiger partial charge in [-0.05, 0) is 87.7 Å². The van der Waals surface area contributed by atoms with Crippen LogP contribution in [-0.4, -0.2) is 80.0 Å². The minimum atomic E-state index is -0.565. The monoisotopic (exact) mass is 587 g/mol. The van der Waals surface area contributed by atoms with Gasteiger partial charge in [0, 0.05) is 43.1 Å². The fourth-order valence-electron chi connectivity index (χ4n) is 6.10. The number of aryl methyl sites for hydroxylation is 2. The van der Waals surface area contributed by atoms with Crippen molar-refractivity contribution in [3.63, 3.8) is 0 Å². The highest BCUT2D eigenvalue weighted by Gasteiger charge is 2.35. The van der Waals surface area contributed by atoms with E-state index in [2.05, 4.69) is 53.3 Å². The molecule has 1 amide bonds. The second-order valence-electron chi connectivity index (χ2n) is 11.3. The molecular weight excluding hydrogens is 542 g/mol. The van der Waals surface area contributed by atoms with Crippen molar-refractivity contribution < 1.29 is 23.8 Å². The maximum atomic E-state index is 13.6. The Labute approximate surface area is 256 Å². The lowest BCUT2D eigenvalue weighted by atomic mass is 9.98. The third-order valence-corrected chi connectivity index (χ3v) is 8.45. The molecule has 2 heterocycles. The van der Waals surface area contributed by atoms with Gasteiger partial charge in [0.1, 0.15) is 0 Å². The summed E-state index contributed by atoms with van der Waals surface area (Å²) < 4.78 is 16.2. The number of amides is 1. The number of benzene rings is 2. The summed E-state index contributed by atoms with van der Waals surface area (Å²) in [7, 11) is 6.66. The van der Waals surface area contributed by atoms with Gasteiger partial charge in [0.15, 0.2) is 11.5 Å². The van der Waals surface area contributed by atoms with Crippen LogP contribution in [0, 0.1) is 0 Å². The highest BCUT2D eigenvalue weighted by molar-refractivity contribution is 6.43. The van der Waals surface area contributed by atoms with Crippen LogP contribution in [0.1, 0.15) is 60.0 Å². The topological polar surface area (TPSA) is 81.2 Å². The van der Waals surface area contributed by atoms with Crippen molar-refractivity contribution in [2.24, 2.45) is 0 Å². The van der Waals surface area contributed by atoms with Crippen LogP contribution >= 0.6 is 0 Å². The summed E-state index contributed by atoms with van der Waals surface area (Å²) in [6.45, 7) is 1.31. The Bertz CT molecular complexity index is 1250. The lowest BCUT2D eigenvalue weighted by Crippen LogP contribution is -2.47. The standard InChI is InChI=1S/C35H45N3O5/c1-37(29(17-8-14-26-12-6-5-7-13-26)18-9-15-27-16-10-20-36-24-27)25-30-19-11-21-38(30)35(40)33(39)28-22-31(41-2)34(43-4)32(23-28)42-3/h5-7,10,12-13,16,20,22-24,29-30H,8-9,11,14-15,17-19,21,25H2,1-4H3/t29-,30-/m0/s1. The maximum absolute atomic E-state index is 13.6. The third-order valence-electron chi connectivity index (χ3n) is 8.45. The predicted octanol–water partition coefficient (Wildman–Crippen LogP) is 5.63. The number of ether oxygens (including phenoxy) is 3. The van der Waals surface area contributed by atoms with Gasteiger partial charge in [-0.15, -0.1) is 0 Å². The van der Waals surface area contributed by atoms with E-state index in [1.54, 1.807) is 17.0 Å². The van der Waals surface area contributed by atoms with E-state index in [0.717, 1.165) is 57.9 Å². The van der Waals surface area contributed by atoms with Crippen LogP contribution in [0.2, 0.25) is 0 Å². The second kappa shape index (κ2) is 16.1. The Hall–Kier alpha value is -3.91. The molecular formula is C35H45N3O5. The van der Waals surface area contributed by atoms with Gasteiger partial charge in [-0.2, -0.15) is 0 Å². The second-order valence-corrected chi connectivity index (χ2v) is 11.3. The maximum Gasteiger partial charge on any atom is 0.295 e. The molecule has 1 aliphatic rings. The Balaban J connectivity index is 1.42. The first-order valence-corrected chi connectivity index (χ1v) is 15.2. The van der Waals surface area contributed by atoms with Crippen molar-refractivity contribution in [3.8, 4) is 17.2 Å². The van der Waals surface area contributed by atoms with Crippen molar-refractivity contribution >= 4 is 11.7 Å². The molecule has 0 spiro atoms. The molecule has 230 valence electrons. The largest absolute Gasteiger partial charge is 0.493 e. The number of hydrogen-bond acceptors (Lipinski definition) is 7. The summed E-state index contributed by atoms with van der Waals surface area (Å²) in [5, 5.41) is 0. The average molecular weight is 588 g/mol. The molecule has 0 bridgehead atoms. The molecule has 43 heavy (non-hydrogen) atoms. The smallest absolute Gasteiger partial charge is 0.295 e. The number of hydrogen-bond donors (Lipinski definition) is 0. The van der Waals surface area contributed by atoms with Crippen molar-refractivity contribution in [3.05, 3.63) is 83.7 Å². The van der Waals surface area contributed by atoms with Gasteiger partial charge in [-0.25, -0.2) is 0 Å². The molecule has 0 radical (unpaired) electrons. The number of likely N-dealkylation sites (tertiary alicyclic amines) is 1. The number of pyridine rings is 1. The van der Waals surface area contributed by atoms with Gasteiger partial charge < -0.3 is 24.0 Å². The van der Waals surface area contributed by atoms with Crippen LogP contribution in [0.25, 0.3) is 0 Å². The highest BCUT2D eigenvalue weighted by atomic mass is 16.5. The van der Waals surface area contributed by atoms with Crippen LogP contribution in [0.15, 0.2) is 67.0 Å². The number of rotatable bonds is 16. The molecule has 4 rings (SSSR count). The molecule has 2 aromatic carbocycles. The molecule has 8 heteroatoms. The van der Waals surface area contributed by atoms with Crippen LogP contribution in [0.3, 0.4) is 0 Å². The highest BCUT2D eigenvalue weighted by Crippen LogP contribution is 2.38. The van der Waals surface area contributed by atoms with Crippen molar-refractivity contribution in [2.75, 3.05) is 41.5 Å². The van der Waals surface area contributed by atoms with E-state index in [0.29, 0.717) is 29.8 Å². The van der Waals surface area contributed by atoms with Gasteiger partial charge in [0.25, 0.3) is 11.7 Å². The van der Waals surface area contributed by atoms with Crippen LogP contribution < -0.4 is 14.2 Å². The normalized spacial score (nSPS) is 15.4. The Morgan fingerprint density at radius 1 is 0.930 bits per heavy atom. The van der Waals surface area contributed by atoms with Crippen LogP contribution in [0.4, 0.5) is 0 Å². The van der Waals surface area contributed by atoms with Gasteiger partial charge in [0.05, 0.1) is 21.3 Å². The Morgan fingerprint density at radius 2 is 1.58 bits per heavy atom.